The zero-order chi connectivity index (χ0) is 20.3. The molecule has 0 bridgehead atoms. The molecule has 0 saturated carbocycles. The first kappa shape index (κ1) is 21.6. The van der Waals surface area contributed by atoms with Crippen LogP contribution in [-0.4, -0.2) is 69.3 Å². The van der Waals surface area contributed by atoms with Crippen molar-refractivity contribution < 1.29 is 9.47 Å². The van der Waals surface area contributed by atoms with Gasteiger partial charge in [-0.2, -0.15) is 0 Å². The third-order valence-electron chi connectivity index (χ3n) is 4.95. The van der Waals surface area contributed by atoms with Gasteiger partial charge < -0.3 is 19.7 Å². The molecular weight excluding hydrogens is 384 g/mol. The molecule has 2 aromatic rings. The summed E-state index contributed by atoms with van der Waals surface area (Å²) in [6.07, 6.45) is 0.893. The van der Waals surface area contributed by atoms with Crippen molar-refractivity contribution in [3.63, 3.8) is 0 Å². The summed E-state index contributed by atoms with van der Waals surface area (Å²) in [5.74, 6) is 1.87. The fourth-order valence-electron chi connectivity index (χ4n) is 3.39. The van der Waals surface area contributed by atoms with Crippen molar-refractivity contribution in [3.8, 4) is 5.75 Å². The zero-order valence-electron chi connectivity index (χ0n) is 17.5. The molecule has 1 aromatic carbocycles. The van der Waals surface area contributed by atoms with Crippen LogP contribution in [0, 0.1) is 0 Å². The summed E-state index contributed by atoms with van der Waals surface area (Å²) >= 11 is 1.83. The van der Waals surface area contributed by atoms with Gasteiger partial charge in [0.15, 0.2) is 5.96 Å². The smallest absolute Gasteiger partial charge is 0.194 e. The van der Waals surface area contributed by atoms with E-state index in [2.05, 4.69) is 49.8 Å². The lowest BCUT2D eigenvalue weighted by molar-refractivity contribution is 0.172. The number of ether oxygens (including phenoxy) is 2. The Morgan fingerprint density at radius 3 is 2.72 bits per heavy atom. The Kier molecular flexibility index (Phi) is 8.80. The van der Waals surface area contributed by atoms with E-state index in [9.17, 15) is 0 Å². The number of hydrogen-bond acceptors (Lipinski definition) is 5. The molecule has 3 rings (SSSR count). The predicted molar refractivity (Wildman–Crippen MR) is 120 cm³/mol. The number of rotatable bonds is 9. The maximum Gasteiger partial charge on any atom is 0.194 e. The van der Waals surface area contributed by atoms with Crippen LogP contribution in [0.2, 0.25) is 0 Å². The van der Waals surface area contributed by atoms with Crippen LogP contribution in [0.15, 0.2) is 46.8 Å². The second-order valence-corrected chi connectivity index (χ2v) is 8.12. The van der Waals surface area contributed by atoms with Gasteiger partial charge in [0, 0.05) is 71.3 Å². The highest BCUT2D eigenvalue weighted by Crippen LogP contribution is 2.15. The molecule has 2 heterocycles. The van der Waals surface area contributed by atoms with E-state index in [1.54, 1.807) is 7.11 Å². The first-order valence-electron chi connectivity index (χ1n) is 10.2. The number of guanidine groups is 1. The summed E-state index contributed by atoms with van der Waals surface area (Å²) in [5.41, 5.74) is 1.19. The molecule has 0 unspecified atom stereocenters. The molecule has 1 aromatic heterocycles. The predicted octanol–water partition coefficient (Wildman–Crippen LogP) is 3.06. The van der Waals surface area contributed by atoms with Crippen LogP contribution in [0.1, 0.15) is 16.9 Å². The molecule has 1 fully saturated rings. The molecule has 0 spiro atoms. The SMILES string of the molecule is CN=C(NCc1cccc(OCCCOC)c1)N1CCN(Cc2cccs2)CC1. The van der Waals surface area contributed by atoms with Gasteiger partial charge in [-0.25, -0.2) is 0 Å². The summed E-state index contributed by atoms with van der Waals surface area (Å²) in [4.78, 5) is 10.8. The monoisotopic (exact) mass is 416 g/mol. The fourth-order valence-corrected chi connectivity index (χ4v) is 4.14. The van der Waals surface area contributed by atoms with E-state index < -0.39 is 0 Å². The van der Waals surface area contributed by atoms with Crippen LogP contribution in [0.25, 0.3) is 0 Å². The molecule has 0 atom stereocenters. The van der Waals surface area contributed by atoms with Gasteiger partial charge in [0.25, 0.3) is 0 Å². The van der Waals surface area contributed by atoms with Gasteiger partial charge in [-0.3, -0.25) is 9.89 Å². The topological polar surface area (TPSA) is 49.3 Å². The van der Waals surface area contributed by atoms with Crippen molar-refractivity contribution in [1.29, 1.82) is 0 Å². The average molecular weight is 417 g/mol. The van der Waals surface area contributed by atoms with Crippen LogP contribution >= 0.6 is 11.3 Å². The molecule has 1 N–H and O–H groups in total. The van der Waals surface area contributed by atoms with Crippen LogP contribution in [0.5, 0.6) is 5.75 Å². The minimum Gasteiger partial charge on any atom is -0.493 e. The molecule has 1 aliphatic heterocycles. The molecule has 158 valence electrons. The summed E-state index contributed by atoms with van der Waals surface area (Å²) in [7, 11) is 3.57. The molecule has 0 radical (unpaired) electrons. The summed E-state index contributed by atoms with van der Waals surface area (Å²) in [6.45, 7) is 7.28. The van der Waals surface area contributed by atoms with Crippen LogP contribution in [-0.2, 0) is 17.8 Å². The largest absolute Gasteiger partial charge is 0.493 e. The van der Waals surface area contributed by atoms with Crippen molar-refractivity contribution >= 4 is 17.3 Å². The summed E-state index contributed by atoms with van der Waals surface area (Å²) in [5, 5.41) is 5.65. The molecule has 29 heavy (non-hydrogen) atoms. The van der Waals surface area contributed by atoms with E-state index in [1.165, 1.54) is 10.4 Å². The molecule has 6 nitrogen and oxygen atoms in total. The van der Waals surface area contributed by atoms with Crippen LogP contribution in [0.3, 0.4) is 0 Å². The molecule has 0 amide bonds. The quantitative estimate of drug-likeness (QED) is 0.387. The van der Waals surface area contributed by atoms with Crippen LogP contribution < -0.4 is 10.1 Å². The van der Waals surface area contributed by atoms with Gasteiger partial charge in [0.05, 0.1) is 6.61 Å². The van der Waals surface area contributed by atoms with Crippen molar-refractivity contribution in [3.05, 3.63) is 52.2 Å². The molecule has 7 heteroatoms. The number of piperazine rings is 1. The number of methoxy groups -OCH3 is 1. The highest BCUT2D eigenvalue weighted by atomic mass is 32.1. The van der Waals surface area contributed by atoms with Crippen molar-refractivity contribution in [1.82, 2.24) is 15.1 Å². The maximum absolute atomic E-state index is 5.80. The number of benzene rings is 1. The Labute approximate surface area is 178 Å². The van der Waals surface area contributed by atoms with Gasteiger partial charge in [-0.1, -0.05) is 18.2 Å². The molecular formula is C22H32N4O2S. The molecule has 1 saturated heterocycles. The number of nitrogens with zero attached hydrogens (tertiary/aromatic N) is 3. The Bertz CT molecular complexity index is 743. The van der Waals surface area contributed by atoms with Gasteiger partial charge in [0.1, 0.15) is 5.75 Å². The van der Waals surface area contributed by atoms with Gasteiger partial charge in [-0.15, -0.1) is 11.3 Å². The lowest BCUT2D eigenvalue weighted by Crippen LogP contribution is -2.51. The van der Waals surface area contributed by atoms with Gasteiger partial charge in [-0.05, 0) is 29.1 Å². The third kappa shape index (κ3) is 7.03. The second kappa shape index (κ2) is 11.8. The van der Waals surface area contributed by atoms with Gasteiger partial charge in [0.2, 0.25) is 0 Å². The Morgan fingerprint density at radius 2 is 2.00 bits per heavy atom. The van der Waals surface area contributed by atoms with Crippen molar-refractivity contribution in [2.45, 2.75) is 19.5 Å². The summed E-state index contributed by atoms with van der Waals surface area (Å²) in [6, 6.07) is 12.6. The van der Waals surface area contributed by atoms with Crippen molar-refractivity contribution in [2.24, 2.45) is 4.99 Å². The first-order valence-corrected chi connectivity index (χ1v) is 11.1. The van der Waals surface area contributed by atoms with Crippen molar-refractivity contribution in [2.75, 3.05) is 53.6 Å². The van der Waals surface area contributed by atoms with E-state index in [1.807, 2.05) is 30.5 Å². The van der Waals surface area contributed by atoms with E-state index >= 15 is 0 Å². The second-order valence-electron chi connectivity index (χ2n) is 7.09. The summed E-state index contributed by atoms with van der Waals surface area (Å²) < 4.78 is 10.9. The van der Waals surface area contributed by atoms with E-state index in [0.717, 1.165) is 64.0 Å². The Morgan fingerprint density at radius 1 is 1.14 bits per heavy atom. The number of nitrogens with one attached hydrogen (secondary N) is 1. The molecule has 1 aliphatic rings. The highest BCUT2D eigenvalue weighted by Gasteiger charge is 2.19. The highest BCUT2D eigenvalue weighted by molar-refractivity contribution is 7.09. The minimum absolute atomic E-state index is 0.669. The Balaban J connectivity index is 1.43. The number of hydrogen-bond donors (Lipinski definition) is 1. The van der Waals surface area contributed by atoms with Gasteiger partial charge >= 0.3 is 0 Å². The minimum atomic E-state index is 0.669. The number of thiophene rings is 1. The van der Waals surface area contributed by atoms with Crippen LogP contribution in [0.4, 0.5) is 0 Å². The first-order chi connectivity index (χ1) is 14.3. The standard InChI is InChI=1S/C22H32N4O2S/c1-23-22(26-11-9-25(10-12-26)18-21-8-4-15-29-21)24-17-19-6-3-7-20(16-19)28-14-5-13-27-2/h3-4,6-8,15-16H,5,9-14,17-18H2,1-2H3,(H,23,24). The normalized spacial score (nSPS) is 15.5. The Hall–Kier alpha value is -2.09. The average Bonchev–Trinajstić information content (AvgIpc) is 3.26. The van der Waals surface area contributed by atoms with E-state index in [-0.39, 0.29) is 0 Å². The lowest BCUT2D eigenvalue weighted by Gasteiger charge is -2.36. The lowest BCUT2D eigenvalue weighted by atomic mass is 10.2. The van der Waals surface area contributed by atoms with E-state index in [0.29, 0.717) is 6.61 Å². The molecule has 0 aliphatic carbocycles. The van der Waals surface area contributed by atoms with E-state index in [4.69, 9.17) is 9.47 Å². The third-order valence-corrected chi connectivity index (χ3v) is 5.81. The zero-order valence-corrected chi connectivity index (χ0v) is 18.3. The maximum atomic E-state index is 5.80. The number of aliphatic imine (C=N–C) groups is 1. The fraction of sp³-hybridized carbons (Fsp3) is 0.500.